The van der Waals surface area contributed by atoms with Gasteiger partial charge in [0.2, 0.25) is 10.0 Å². The van der Waals surface area contributed by atoms with Crippen LogP contribution in [0, 0.1) is 0 Å². The zero-order valence-electron chi connectivity index (χ0n) is 16.5. The maximum Gasteiger partial charge on any atom is 0.251 e. The lowest BCUT2D eigenvalue weighted by Crippen LogP contribution is -2.36. The van der Waals surface area contributed by atoms with Crippen molar-refractivity contribution in [2.24, 2.45) is 0 Å². The number of hydrogen-bond donors (Lipinski definition) is 2. The minimum Gasteiger partial charge on any atom is -0.352 e. The van der Waals surface area contributed by atoms with Crippen LogP contribution in [0.15, 0.2) is 48.5 Å². The number of alkyl halides is 1. The van der Waals surface area contributed by atoms with Gasteiger partial charge in [-0.15, -0.1) is 0 Å². The topological polar surface area (TPSA) is 75.3 Å². The number of halogens is 1. The summed E-state index contributed by atoms with van der Waals surface area (Å²) in [6.07, 6.45) is 0.478. The van der Waals surface area contributed by atoms with E-state index in [4.69, 9.17) is 0 Å². The number of benzene rings is 2. The molecule has 0 radical (unpaired) electrons. The van der Waals surface area contributed by atoms with E-state index in [2.05, 4.69) is 10.0 Å². The summed E-state index contributed by atoms with van der Waals surface area (Å²) >= 11 is 0. The van der Waals surface area contributed by atoms with Gasteiger partial charge in [-0.25, -0.2) is 17.5 Å². The molecule has 152 valence electrons. The molecule has 0 saturated heterocycles. The highest BCUT2D eigenvalue weighted by Gasteiger charge is 2.27. The van der Waals surface area contributed by atoms with Crippen molar-refractivity contribution in [2.75, 3.05) is 18.8 Å². The number of amides is 1. The van der Waals surface area contributed by atoms with Crippen LogP contribution in [0.25, 0.3) is 11.1 Å². The number of nitrogens with one attached hydrogen (secondary N) is 2. The van der Waals surface area contributed by atoms with Crippen LogP contribution in [-0.4, -0.2) is 33.2 Å². The highest BCUT2D eigenvalue weighted by atomic mass is 32.2. The maximum absolute atomic E-state index is 15.0. The second kappa shape index (κ2) is 9.30. The number of carbonyl (C=O) groups is 1. The molecule has 1 amide bonds. The van der Waals surface area contributed by atoms with Gasteiger partial charge in [0.05, 0.1) is 5.75 Å². The standard InChI is InChI=1S/C21H27FN2O3S/c1-4-14-28(26,27)24-15-21(3,22)19-12-10-17(11-13-19)16-6-8-18(9-7-16)20(25)23-5-2/h6-13,24H,4-5,14-15H2,1-3H3,(H,23,25). The summed E-state index contributed by atoms with van der Waals surface area (Å²) in [5.74, 6) is -0.142. The third-order valence-electron chi connectivity index (χ3n) is 4.40. The second-order valence-corrected chi connectivity index (χ2v) is 8.78. The lowest BCUT2D eigenvalue weighted by Gasteiger charge is -2.21. The lowest BCUT2D eigenvalue weighted by atomic mass is 9.95. The molecule has 28 heavy (non-hydrogen) atoms. The number of sulfonamides is 1. The van der Waals surface area contributed by atoms with Crippen LogP contribution in [-0.2, 0) is 15.7 Å². The zero-order chi connectivity index (χ0) is 20.8. The Bertz CT molecular complexity index is 892. The average molecular weight is 407 g/mol. The Morgan fingerprint density at radius 2 is 1.54 bits per heavy atom. The third-order valence-corrected chi connectivity index (χ3v) is 5.93. The SMILES string of the molecule is CCCS(=O)(=O)NCC(C)(F)c1ccc(-c2ccc(C(=O)NCC)cc2)cc1. The Hall–Kier alpha value is -2.25. The Morgan fingerprint density at radius 1 is 1.00 bits per heavy atom. The van der Waals surface area contributed by atoms with Crippen molar-refractivity contribution in [3.8, 4) is 11.1 Å². The van der Waals surface area contributed by atoms with Crippen molar-refractivity contribution < 1.29 is 17.6 Å². The molecule has 0 spiro atoms. The van der Waals surface area contributed by atoms with Crippen LogP contribution in [0.3, 0.4) is 0 Å². The number of rotatable bonds is 9. The predicted octanol–water partition coefficient (Wildman–Crippen LogP) is 3.62. The molecule has 0 saturated carbocycles. The van der Waals surface area contributed by atoms with Crippen molar-refractivity contribution in [2.45, 2.75) is 32.9 Å². The van der Waals surface area contributed by atoms with Gasteiger partial charge in [-0.2, -0.15) is 0 Å². The third kappa shape index (κ3) is 5.87. The Kier molecular flexibility index (Phi) is 7.32. The summed E-state index contributed by atoms with van der Waals surface area (Å²) in [7, 11) is -3.46. The summed E-state index contributed by atoms with van der Waals surface area (Å²) in [5, 5.41) is 2.75. The normalized spacial score (nSPS) is 13.7. The maximum atomic E-state index is 15.0. The monoisotopic (exact) mass is 406 g/mol. The molecule has 0 aliphatic rings. The van der Waals surface area contributed by atoms with Gasteiger partial charge >= 0.3 is 0 Å². The van der Waals surface area contributed by atoms with Gasteiger partial charge in [0, 0.05) is 18.7 Å². The van der Waals surface area contributed by atoms with E-state index in [0.29, 0.717) is 24.1 Å². The van der Waals surface area contributed by atoms with Crippen LogP contribution >= 0.6 is 0 Å². The van der Waals surface area contributed by atoms with E-state index < -0.39 is 15.7 Å². The summed E-state index contributed by atoms with van der Waals surface area (Å²) in [4.78, 5) is 11.8. The highest BCUT2D eigenvalue weighted by Crippen LogP contribution is 2.28. The molecule has 5 nitrogen and oxygen atoms in total. The van der Waals surface area contributed by atoms with Crippen molar-refractivity contribution in [3.05, 3.63) is 59.7 Å². The van der Waals surface area contributed by atoms with Crippen LogP contribution in [0.1, 0.15) is 43.1 Å². The fourth-order valence-corrected chi connectivity index (χ4v) is 3.95. The minimum absolute atomic E-state index is 0.0196. The van der Waals surface area contributed by atoms with Gasteiger partial charge in [0.1, 0.15) is 5.67 Å². The van der Waals surface area contributed by atoms with Gasteiger partial charge in [-0.1, -0.05) is 43.3 Å². The predicted molar refractivity (Wildman–Crippen MR) is 110 cm³/mol. The van der Waals surface area contributed by atoms with Gasteiger partial charge in [0.25, 0.3) is 5.91 Å². The smallest absolute Gasteiger partial charge is 0.251 e. The molecule has 2 N–H and O–H groups in total. The molecule has 2 aromatic carbocycles. The fraction of sp³-hybridized carbons (Fsp3) is 0.381. The molecule has 0 aromatic heterocycles. The first-order valence-electron chi connectivity index (χ1n) is 9.34. The van der Waals surface area contributed by atoms with Gasteiger partial charge in [-0.3, -0.25) is 4.79 Å². The van der Waals surface area contributed by atoms with E-state index in [0.717, 1.165) is 11.1 Å². The second-order valence-electron chi connectivity index (χ2n) is 6.85. The Morgan fingerprint density at radius 3 is 2.04 bits per heavy atom. The van der Waals surface area contributed by atoms with Gasteiger partial charge in [-0.05, 0) is 49.1 Å². The van der Waals surface area contributed by atoms with E-state index in [1.165, 1.54) is 6.92 Å². The zero-order valence-corrected chi connectivity index (χ0v) is 17.3. The average Bonchev–Trinajstić information content (AvgIpc) is 2.67. The van der Waals surface area contributed by atoms with Gasteiger partial charge in [0.15, 0.2) is 0 Å². The highest BCUT2D eigenvalue weighted by molar-refractivity contribution is 7.89. The molecule has 1 unspecified atom stereocenters. The van der Waals surface area contributed by atoms with Gasteiger partial charge < -0.3 is 5.32 Å². The fourth-order valence-electron chi connectivity index (χ4n) is 2.78. The van der Waals surface area contributed by atoms with E-state index in [9.17, 15) is 17.6 Å². The van der Waals surface area contributed by atoms with E-state index in [-0.39, 0.29) is 18.2 Å². The molecule has 0 aliphatic heterocycles. The minimum atomic E-state index is -3.46. The van der Waals surface area contributed by atoms with Crippen molar-refractivity contribution in [3.63, 3.8) is 0 Å². The quantitative estimate of drug-likeness (QED) is 0.668. The van der Waals surface area contributed by atoms with E-state index >= 15 is 0 Å². The largest absolute Gasteiger partial charge is 0.352 e. The van der Waals surface area contributed by atoms with Crippen molar-refractivity contribution in [1.29, 1.82) is 0 Å². The molecule has 1 atom stereocenters. The first kappa shape index (κ1) is 22.0. The van der Waals surface area contributed by atoms with Crippen LogP contribution in [0.2, 0.25) is 0 Å². The summed E-state index contributed by atoms with van der Waals surface area (Å²) < 4.78 is 40.8. The molecule has 0 aliphatic carbocycles. The van der Waals surface area contributed by atoms with Crippen molar-refractivity contribution in [1.82, 2.24) is 10.0 Å². The van der Waals surface area contributed by atoms with Crippen LogP contribution < -0.4 is 10.0 Å². The molecule has 2 aromatic rings. The Balaban J connectivity index is 2.11. The molecular formula is C21H27FN2O3S. The molecule has 0 fully saturated rings. The number of hydrogen-bond acceptors (Lipinski definition) is 3. The van der Waals surface area contributed by atoms with E-state index in [1.54, 1.807) is 43.3 Å². The molecule has 7 heteroatoms. The van der Waals surface area contributed by atoms with E-state index in [1.807, 2.05) is 19.1 Å². The van der Waals surface area contributed by atoms with Crippen LogP contribution in [0.4, 0.5) is 4.39 Å². The molecular weight excluding hydrogens is 379 g/mol. The summed E-state index contributed by atoms with van der Waals surface area (Å²) in [5.41, 5.74) is 0.950. The first-order valence-corrected chi connectivity index (χ1v) is 11.0. The van der Waals surface area contributed by atoms with Crippen molar-refractivity contribution >= 4 is 15.9 Å². The first-order chi connectivity index (χ1) is 13.2. The molecule has 0 heterocycles. The summed E-state index contributed by atoms with van der Waals surface area (Å²) in [6, 6.07) is 14.1. The number of carbonyl (C=O) groups excluding carboxylic acids is 1. The molecule has 2 rings (SSSR count). The molecule has 0 bridgehead atoms. The Labute approximate surface area is 166 Å². The lowest BCUT2D eigenvalue weighted by molar-refractivity contribution is 0.0956. The van der Waals surface area contributed by atoms with Crippen LogP contribution in [0.5, 0.6) is 0 Å². The summed E-state index contributed by atoms with van der Waals surface area (Å²) in [6.45, 7) is 5.24.